The van der Waals surface area contributed by atoms with Gasteiger partial charge in [-0.15, -0.1) is 0 Å². The lowest BCUT2D eigenvalue weighted by Gasteiger charge is -2.23. The van der Waals surface area contributed by atoms with E-state index in [0.29, 0.717) is 18.9 Å². The highest BCUT2D eigenvalue weighted by molar-refractivity contribution is 7.90. The van der Waals surface area contributed by atoms with Crippen molar-refractivity contribution in [2.45, 2.75) is 6.10 Å². The summed E-state index contributed by atoms with van der Waals surface area (Å²) in [4.78, 5) is 0. The van der Waals surface area contributed by atoms with Crippen LogP contribution in [0.4, 0.5) is 10.2 Å². The number of methoxy groups -OCH3 is 1. The van der Waals surface area contributed by atoms with Crippen LogP contribution in [-0.4, -0.2) is 49.2 Å². The fourth-order valence-corrected chi connectivity index (χ4v) is 4.42. The number of aromatic nitrogens is 2. The molecule has 0 saturated carbocycles. The number of anilines is 1. The van der Waals surface area contributed by atoms with Crippen LogP contribution in [0.2, 0.25) is 0 Å². The van der Waals surface area contributed by atoms with E-state index in [1.165, 1.54) is 32.5 Å². The molecule has 2 heterocycles. The first-order valence-corrected chi connectivity index (χ1v) is 8.87. The Morgan fingerprint density at radius 1 is 1.25 bits per heavy atom. The zero-order chi connectivity index (χ0) is 17.3. The van der Waals surface area contributed by atoms with Crippen LogP contribution in [0.25, 0.3) is 0 Å². The van der Waals surface area contributed by atoms with Crippen LogP contribution in [0.5, 0.6) is 0 Å². The molecule has 9 heteroatoms. The molecule has 130 valence electrons. The van der Waals surface area contributed by atoms with E-state index < -0.39 is 16.3 Å². The fraction of sp³-hybridized carbons (Fsp3) is 0.400. The number of nitrogens with zero attached hydrogens (tertiary/aromatic N) is 4. The van der Waals surface area contributed by atoms with E-state index in [0.717, 1.165) is 5.56 Å². The second kappa shape index (κ2) is 6.50. The summed E-state index contributed by atoms with van der Waals surface area (Å²) in [5.41, 5.74) is 0.730. The predicted octanol–water partition coefficient (Wildman–Crippen LogP) is 1.31. The first-order chi connectivity index (χ1) is 11.4. The molecule has 1 aliphatic rings. The van der Waals surface area contributed by atoms with Crippen LogP contribution in [0.3, 0.4) is 0 Å². The molecule has 0 aliphatic carbocycles. The zero-order valence-electron chi connectivity index (χ0n) is 13.5. The minimum Gasteiger partial charge on any atom is -0.375 e. The Kier molecular flexibility index (Phi) is 4.57. The molecule has 24 heavy (non-hydrogen) atoms. The molecule has 1 aromatic carbocycles. The van der Waals surface area contributed by atoms with Crippen molar-refractivity contribution in [2.75, 3.05) is 31.0 Å². The number of hydrogen-bond donors (Lipinski definition) is 0. The molecule has 0 N–H and O–H groups in total. The van der Waals surface area contributed by atoms with E-state index in [4.69, 9.17) is 4.74 Å². The minimum absolute atomic E-state index is 0.165. The molecule has 7 nitrogen and oxygen atoms in total. The molecular weight excluding hydrogens is 335 g/mol. The summed E-state index contributed by atoms with van der Waals surface area (Å²) >= 11 is 0. The van der Waals surface area contributed by atoms with Crippen molar-refractivity contribution < 1.29 is 17.5 Å². The normalized spacial score (nSPS) is 18.9. The monoisotopic (exact) mass is 354 g/mol. The van der Waals surface area contributed by atoms with Gasteiger partial charge in [0.25, 0.3) is 0 Å². The van der Waals surface area contributed by atoms with Gasteiger partial charge in [-0.25, -0.2) is 8.70 Å². The summed E-state index contributed by atoms with van der Waals surface area (Å²) in [5.74, 6) is 0.179. The molecule has 0 amide bonds. The maximum absolute atomic E-state index is 13.1. The first kappa shape index (κ1) is 16.9. The zero-order valence-corrected chi connectivity index (χ0v) is 14.3. The van der Waals surface area contributed by atoms with Crippen LogP contribution in [0.1, 0.15) is 11.7 Å². The molecule has 1 unspecified atom stereocenters. The van der Waals surface area contributed by atoms with Crippen LogP contribution in [0.15, 0.2) is 36.5 Å². The van der Waals surface area contributed by atoms with E-state index in [9.17, 15) is 12.8 Å². The number of halogens is 1. The van der Waals surface area contributed by atoms with E-state index in [1.807, 2.05) is 0 Å². The van der Waals surface area contributed by atoms with E-state index in [2.05, 4.69) is 5.10 Å². The van der Waals surface area contributed by atoms with E-state index in [-0.39, 0.29) is 12.4 Å². The van der Waals surface area contributed by atoms with Gasteiger partial charge in [0.15, 0.2) is 0 Å². The fourth-order valence-electron chi connectivity index (χ4n) is 2.78. The Hall–Kier alpha value is -1.97. The second-order valence-corrected chi connectivity index (χ2v) is 7.38. The maximum atomic E-state index is 13.1. The van der Waals surface area contributed by atoms with Gasteiger partial charge in [0, 0.05) is 33.3 Å². The lowest BCUT2D eigenvalue weighted by atomic mass is 10.1. The summed E-state index contributed by atoms with van der Waals surface area (Å²) in [5, 5.41) is 4.02. The lowest BCUT2D eigenvalue weighted by Crippen LogP contribution is -2.36. The SMILES string of the molecule is COC(CN1CCN(c2ccnn2C)S1(=O)=O)c1ccc(F)cc1. The average molecular weight is 354 g/mol. The molecule has 3 rings (SSSR count). The highest BCUT2D eigenvalue weighted by Gasteiger charge is 2.39. The Bertz CT molecular complexity index is 806. The molecule has 1 saturated heterocycles. The third kappa shape index (κ3) is 3.02. The maximum Gasteiger partial charge on any atom is 0.305 e. The van der Waals surface area contributed by atoms with Crippen molar-refractivity contribution in [3.63, 3.8) is 0 Å². The van der Waals surface area contributed by atoms with Crippen molar-refractivity contribution in [2.24, 2.45) is 7.05 Å². The quantitative estimate of drug-likeness (QED) is 0.812. The Morgan fingerprint density at radius 3 is 2.54 bits per heavy atom. The molecule has 0 bridgehead atoms. The minimum atomic E-state index is -3.64. The molecule has 1 aliphatic heterocycles. The molecule has 0 radical (unpaired) electrons. The van der Waals surface area contributed by atoms with Crippen LogP contribution in [-0.2, 0) is 22.0 Å². The summed E-state index contributed by atoms with van der Waals surface area (Å²) in [6.07, 6.45) is 1.09. The van der Waals surface area contributed by atoms with Gasteiger partial charge in [-0.05, 0) is 17.7 Å². The number of rotatable bonds is 5. The number of hydrogen-bond acceptors (Lipinski definition) is 4. The van der Waals surface area contributed by atoms with Crippen molar-refractivity contribution in [1.82, 2.24) is 14.1 Å². The molecule has 1 atom stereocenters. The largest absolute Gasteiger partial charge is 0.375 e. The molecule has 0 spiro atoms. The molecular formula is C15H19FN4O3S. The number of aryl methyl sites for hydroxylation is 1. The smallest absolute Gasteiger partial charge is 0.305 e. The second-order valence-electron chi connectivity index (χ2n) is 5.53. The van der Waals surface area contributed by atoms with Crippen LogP contribution in [0, 0.1) is 5.82 Å². The van der Waals surface area contributed by atoms with Gasteiger partial charge in [-0.2, -0.15) is 17.8 Å². The lowest BCUT2D eigenvalue weighted by molar-refractivity contribution is 0.0868. The molecule has 2 aromatic rings. The third-order valence-electron chi connectivity index (χ3n) is 4.10. The summed E-state index contributed by atoms with van der Waals surface area (Å²) in [6.45, 7) is 0.870. The predicted molar refractivity (Wildman–Crippen MR) is 87.2 cm³/mol. The third-order valence-corrected chi connectivity index (χ3v) is 6.01. The van der Waals surface area contributed by atoms with E-state index >= 15 is 0 Å². The van der Waals surface area contributed by atoms with Gasteiger partial charge in [0.1, 0.15) is 11.6 Å². The number of benzene rings is 1. The summed E-state index contributed by atoms with van der Waals surface area (Å²) in [7, 11) is -0.435. The standard InChI is InChI=1S/C15H19FN4O3S/c1-18-15(7-8-17-18)20-10-9-19(24(20,21)22)11-14(23-2)12-3-5-13(16)6-4-12/h3-8,14H,9-11H2,1-2H3. The van der Waals surface area contributed by atoms with E-state index in [1.54, 1.807) is 31.4 Å². The Labute approximate surface area is 140 Å². The van der Waals surface area contributed by atoms with Crippen molar-refractivity contribution in [3.05, 3.63) is 47.9 Å². The molecule has 1 aromatic heterocycles. The van der Waals surface area contributed by atoms with Gasteiger partial charge in [0.05, 0.1) is 18.8 Å². The Morgan fingerprint density at radius 2 is 1.96 bits per heavy atom. The summed E-state index contributed by atoms with van der Waals surface area (Å²) in [6, 6.07) is 7.54. The van der Waals surface area contributed by atoms with Crippen molar-refractivity contribution in [3.8, 4) is 0 Å². The topological polar surface area (TPSA) is 67.7 Å². The van der Waals surface area contributed by atoms with Gasteiger partial charge < -0.3 is 4.74 Å². The van der Waals surface area contributed by atoms with Gasteiger partial charge in [-0.3, -0.25) is 4.68 Å². The van der Waals surface area contributed by atoms with Crippen LogP contribution < -0.4 is 4.31 Å². The highest BCUT2D eigenvalue weighted by atomic mass is 32.2. The highest BCUT2D eigenvalue weighted by Crippen LogP contribution is 2.27. The summed E-state index contributed by atoms with van der Waals surface area (Å²) < 4.78 is 48.3. The van der Waals surface area contributed by atoms with Gasteiger partial charge in [0.2, 0.25) is 0 Å². The molecule has 1 fully saturated rings. The van der Waals surface area contributed by atoms with Crippen molar-refractivity contribution >= 4 is 16.0 Å². The van der Waals surface area contributed by atoms with Crippen LogP contribution >= 0.6 is 0 Å². The first-order valence-electron chi connectivity index (χ1n) is 7.47. The van der Waals surface area contributed by atoms with Crippen molar-refractivity contribution in [1.29, 1.82) is 0 Å². The van der Waals surface area contributed by atoms with Gasteiger partial charge in [-0.1, -0.05) is 12.1 Å². The van der Waals surface area contributed by atoms with Gasteiger partial charge >= 0.3 is 10.2 Å². The Balaban J connectivity index is 1.80. The number of ether oxygens (including phenoxy) is 1. The average Bonchev–Trinajstić information content (AvgIpc) is 3.09.